The molecule has 0 fully saturated rings. The maximum atomic E-state index is 12.1. The van der Waals surface area contributed by atoms with Crippen LogP contribution < -0.4 is 4.90 Å². The van der Waals surface area contributed by atoms with E-state index >= 15 is 0 Å². The zero-order valence-corrected chi connectivity index (χ0v) is 15.1. The highest BCUT2D eigenvalue weighted by molar-refractivity contribution is 5.89. The number of nitrogens with zero attached hydrogens (tertiary/aromatic N) is 3. The van der Waals surface area contributed by atoms with Crippen molar-refractivity contribution < 1.29 is 14.1 Å². The van der Waals surface area contributed by atoms with E-state index in [9.17, 15) is 4.79 Å². The molecule has 0 saturated carbocycles. The molecule has 0 saturated heterocycles. The normalized spacial score (nSPS) is 10.6. The van der Waals surface area contributed by atoms with Gasteiger partial charge in [-0.25, -0.2) is 4.79 Å². The van der Waals surface area contributed by atoms with E-state index < -0.39 is 5.97 Å². The van der Waals surface area contributed by atoms with Gasteiger partial charge in [0.1, 0.15) is 0 Å². The molecule has 0 radical (unpaired) electrons. The SMILES string of the molecule is CCc1ccc(-c2noc(COC(=O)c3ccc(N(C)C)cc3)n2)cc1. The quantitative estimate of drug-likeness (QED) is 0.631. The molecule has 0 aliphatic heterocycles. The number of hydrogen-bond acceptors (Lipinski definition) is 6. The predicted octanol–water partition coefficient (Wildman–Crippen LogP) is 3.72. The molecule has 6 nitrogen and oxygen atoms in total. The number of anilines is 1. The standard InChI is InChI=1S/C20H21N3O3/c1-4-14-5-7-15(8-6-14)19-21-18(26-22-19)13-25-20(24)16-9-11-17(12-10-16)23(2)3/h5-12H,4,13H2,1-3H3. The van der Waals surface area contributed by atoms with Crippen LogP contribution in [0.5, 0.6) is 0 Å². The van der Waals surface area contributed by atoms with Crippen molar-refractivity contribution in [1.29, 1.82) is 0 Å². The highest BCUT2D eigenvalue weighted by Gasteiger charge is 2.12. The molecule has 2 aromatic carbocycles. The lowest BCUT2D eigenvalue weighted by molar-refractivity contribution is 0.0430. The van der Waals surface area contributed by atoms with Crippen LogP contribution in [0.1, 0.15) is 28.7 Å². The Hall–Kier alpha value is -3.15. The number of esters is 1. The highest BCUT2D eigenvalue weighted by Crippen LogP contribution is 2.18. The van der Waals surface area contributed by atoms with E-state index in [0.29, 0.717) is 11.4 Å². The molecule has 134 valence electrons. The molecule has 0 spiro atoms. The van der Waals surface area contributed by atoms with E-state index in [4.69, 9.17) is 9.26 Å². The topological polar surface area (TPSA) is 68.5 Å². The summed E-state index contributed by atoms with van der Waals surface area (Å²) in [6.45, 7) is 2.04. The van der Waals surface area contributed by atoms with E-state index in [1.165, 1.54) is 5.56 Å². The van der Waals surface area contributed by atoms with Crippen LogP contribution in [0.25, 0.3) is 11.4 Å². The van der Waals surface area contributed by atoms with Crippen LogP contribution in [0.15, 0.2) is 53.1 Å². The molecule has 1 aromatic heterocycles. The van der Waals surface area contributed by atoms with Gasteiger partial charge in [-0.05, 0) is 36.2 Å². The van der Waals surface area contributed by atoms with Crippen molar-refractivity contribution in [3.05, 3.63) is 65.5 Å². The van der Waals surface area contributed by atoms with E-state index in [1.807, 2.05) is 55.4 Å². The van der Waals surface area contributed by atoms with Crippen LogP contribution in [0, 0.1) is 0 Å². The summed E-state index contributed by atoms with van der Waals surface area (Å²) in [5.74, 6) is 0.314. The molecule has 26 heavy (non-hydrogen) atoms. The summed E-state index contributed by atoms with van der Waals surface area (Å²) in [7, 11) is 3.88. The maximum absolute atomic E-state index is 12.1. The van der Waals surface area contributed by atoms with Gasteiger partial charge < -0.3 is 14.2 Å². The van der Waals surface area contributed by atoms with E-state index in [-0.39, 0.29) is 12.5 Å². The minimum Gasteiger partial charge on any atom is -0.452 e. The summed E-state index contributed by atoms with van der Waals surface area (Å²) in [4.78, 5) is 18.4. The molecule has 3 rings (SSSR count). The van der Waals surface area contributed by atoms with Crippen molar-refractivity contribution in [3.63, 3.8) is 0 Å². The molecule has 1 heterocycles. The van der Waals surface area contributed by atoms with Crippen LogP contribution in [0.4, 0.5) is 5.69 Å². The summed E-state index contributed by atoms with van der Waals surface area (Å²) in [6, 6.07) is 15.1. The smallest absolute Gasteiger partial charge is 0.338 e. The number of aromatic nitrogens is 2. The van der Waals surface area contributed by atoms with Crippen molar-refractivity contribution in [2.45, 2.75) is 20.0 Å². The first-order chi connectivity index (χ1) is 12.6. The first-order valence-electron chi connectivity index (χ1n) is 8.43. The van der Waals surface area contributed by atoms with E-state index in [1.54, 1.807) is 12.1 Å². The first-order valence-corrected chi connectivity index (χ1v) is 8.43. The Balaban J connectivity index is 1.61. The van der Waals surface area contributed by atoms with Gasteiger partial charge in [-0.3, -0.25) is 0 Å². The average Bonchev–Trinajstić information content (AvgIpc) is 3.15. The van der Waals surface area contributed by atoms with Gasteiger partial charge in [0.15, 0.2) is 6.61 Å². The average molecular weight is 351 g/mol. The Labute approximate surface area is 152 Å². The number of carbonyl (C=O) groups excluding carboxylic acids is 1. The monoisotopic (exact) mass is 351 g/mol. The first kappa shape index (κ1) is 17.7. The molecule has 0 amide bonds. The Morgan fingerprint density at radius 2 is 1.77 bits per heavy atom. The Kier molecular flexibility index (Phi) is 5.31. The largest absolute Gasteiger partial charge is 0.452 e. The van der Waals surface area contributed by atoms with Crippen LogP contribution in [0.3, 0.4) is 0 Å². The molecule has 0 aliphatic carbocycles. The number of hydrogen-bond donors (Lipinski definition) is 0. The molecule has 0 bridgehead atoms. The van der Waals surface area contributed by atoms with Crippen molar-refractivity contribution in [2.75, 3.05) is 19.0 Å². The Morgan fingerprint density at radius 3 is 2.38 bits per heavy atom. The number of ether oxygens (including phenoxy) is 1. The van der Waals surface area contributed by atoms with Crippen LogP contribution >= 0.6 is 0 Å². The zero-order valence-electron chi connectivity index (χ0n) is 15.1. The number of aryl methyl sites for hydroxylation is 1. The van der Waals surface area contributed by atoms with Gasteiger partial charge in [0.25, 0.3) is 5.89 Å². The molecule has 0 aliphatic rings. The van der Waals surface area contributed by atoms with Crippen molar-refractivity contribution in [2.24, 2.45) is 0 Å². The third kappa shape index (κ3) is 4.08. The lowest BCUT2D eigenvalue weighted by Gasteiger charge is -2.12. The van der Waals surface area contributed by atoms with E-state index in [0.717, 1.165) is 17.7 Å². The fourth-order valence-electron chi connectivity index (χ4n) is 2.43. The lowest BCUT2D eigenvalue weighted by Crippen LogP contribution is -2.09. The van der Waals surface area contributed by atoms with Gasteiger partial charge in [-0.2, -0.15) is 4.98 Å². The predicted molar refractivity (Wildman–Crippen MR) is 99.0 cm³/mol. The van der Waals surface area contributed by atoms with Gasteiger partial charge in [0.05, 0.1) is 5.56 Å². The van der Waals surface area contributed by atoms with Crippen molar-refractivity contribution in [1.82, 2.24) is 10.1 Å². The number of carbonyl (C=O) groups is 1. The maximum Gasteiger partial charge on any atom is 0.338 e. The minimum absolute atomic E-state index is 0.0612. The molecule has 0 unspecified atom stereocenters. The summed E-state index contributed by atoms with van der Waals surface area (Å²) in [5.41, 5.74) is 3.59. The Bertz CT molecular complexity index is 868. The van der Waals surface area contributed by atoms with Crippen LogP contribution in [-0.4, -0.2) is 30.2 Å². The van der Waals surface area contributed by atoms with Crippen molar-refractivity contribution in [3.8, 4) is 11.4 Å². The second kappa shape index (κ2) is 7.82. The molecule has 3 aromatic rings. The lowest BCUT2D eigenvalue weighted by atomic mass is 10.1. The summed E-state index contributed by atoms with van der Waals surface area (Å²) >= 11 is 0. The number of benzene rings is 2. The summed E-state index contributed by atoms with van der Waals surface area (Å²) < 4.78 is 10.4. The fourth-order valence-corrected chi connectivity index (χ4v) is 2.43. The minimum atomic E-state index is -0.428. The van der Waals surface area contributed by atoms with Gasteiger partial charge >= 0.3 is 5.97 Å². The highest BCUT2D eigenvalue weighted by atomic mass is 16.6. The summed E-state index contributed by atoms with van der Waals surface area (Å²) in [6.07, 6.45) is 0.975. The van der Waals surface area contributed by atoms with Gasteiger partial charge in [-0.15, -0.1) is 0 Å². The van der Waals surface area contributed by atoms with E-state index in [2.05, 4.69) is 17.1 Å². The van der Waals surface area contributed by atoms with Gasteiger partial charge in [-0.1, -0.05) is 36.3 Å². The van der Waals surface area contributed by atoms with Crippen LogP contribution in [-0.2, 0) is 17.8 Å². The van der Waals surface area contributed by atoms with Crippen molar-refractivity contribution >= 4 is 11.7 Å². The zero-order chi connectivity index (χ0) is 18.5. The Morgan fingerprint density at radius 1 is 1.08 bits per heavy atom. The third-order valence-corrected chi connectivity index (χ3v) is 4.03. The summed E-state index contributed by atoms with van der Waals surface area (Å²) in [5, 5.41) is 3.94. The molecule has 0 atom stereocenters. The second-order valence-corrected chi connectivity index (χ2v) is 6.08. The molecule has 6 heteroatoms. The molecule has 0 N–H and O–H groups in total. The molecular formula is C20H21N3O3. The number of rotatable bonds is 6. The molecular weight excluding hydrogens is 330 g/mol. The van der Waals surface area contributed by atoms with Crippen LogP contribution in [0.2, 0.25) is 0 Å². The fraction of sp³-hybridized carbons (Fsp3) is 0.250. The van der Waals surface area contributed by atoms with Gasteiger partial charge in [0.2, 0.25) is 5.82 Å². The van der Waals surface area contributed by atoms with Gasteiger partial charge in [0, 0.05) is 25.3 Å². The second-order valence-electron chi connectivity index (χ2n) is 6.08. The third-order valence-electron chi connectivity index (χ3n) is 4.03.